The van der Waals surface area contributed by atoms with Crippen LogP contribution in [0.1, 0.15) is 21.5 Å². The molecule has 28 heavy (non-hydrogen) atoms. The number of hydrogen-bond donors (Lipinski definition) is 2. The van der Waals surface area contributed by atoms with Crippen molar-refractivity contribution in [2.75, 3.05) is 4.72 Å². The van der Waals surface area contributed by atoms with E-state index in [1.807, 2.05) is 6.07 Å². The molecule has 0 radical (unpaired) electrons. The molecule has 0 aliphatic carbocycles. The van der Waals surface area contributed by atoms with Crippen LogP contribution in [0.2, 0.25) is 0 Å². The molecule has 0 heterocycles. The molecule has 0 atom stereocenters. The molecule has 0 unspecified atom stereocenters. The molecule has 140 valence electrons. The van der Waals surface area contributed by atoms with Crippen LogP contribution in [0.4, 0.5) is 5.69 Å². The fraction of sp³-hybridized carbons (Fsp3) is 0.0476. The molecule has 0 saturated heterocycles. The lowest BCUT2D eigenvalue weighted by molar-refractivity contribution is 0.0951. The molecular weight excluding hydrogens is 374 g/mol. The highest BCUT2D eigenvalue weighted by Gasteiger charge is 2.13. The molecule has 0 aliphatic heterocycles. The summed E-state index contributed by atoms with van der Waals surface area (Å²) < 4.78 is 27.1. The van der Waals surface area contributed by atoms with Gasteiger partial charge >= 0.3 is 0 Å². The van der Waals surface area contributed by atoms with Gasteiger partial charge in [0.15, 0.2) is 0 Å². The van der Waals surface area contributed by atoms with E-state index in [-0.39, 0.29) is 10.8 Å². The third-order valence-corrected chi connectivity index (χ3v) is 5.39. The second-order valence-corrected chi connectivity index (χ2v) is 7.67. The van der Waals surface area contributed by atoms with Gasteiger partial charge < -0.3 is 5.32 Å². The van der Waals surface area contributed by atoms with E-state index in [0.29, 0.717) is 23.4 Å². The second kappa shape index (κ2) is 8.37. The van der Waals surface area contributed by atoms with Crippen molar-refractivity contribution in [3.05, 3.63) is 95.6 Å². The van der Waals surface area contributed by atoms with E-state index in [4.69, 9.17) is 5.26 Å². The number of benzene rings is 3. The Morgan fingerprint density at radius 2 is 1.54 bits per heavy atom. The van der Waals surface area contributed by atoms with E-state index < -0.39 is 10.0 Å². The number of carbonyl (C=O) groups is 1. The molecule has 3 aromatic carbocycles. The standard InChI is InChI=1S/C21H17N3O3S/c22-14-16-6-8-17(9-7-16)15-23-21(25)18-10-12-19(13-11-18)24-28(26,27)20-4-2-1-3-5-20/h1-13,24H,15H2,(H,23,25). The highest BCUT2D eigenvalue weighted by Crippen LogP contribution is 2.16. The molecule has 7 heteroatoms. The van der Waals surface area contributed by atoms with Crippen LogP contribution in [0.25, 0.3) is 0 Å². The highest BCUT2D eigenvalue weighted by atomic mass is 32.2. The van der Waals surface area contributed by atoms with Gasteiger partial charge in [0, 0.05) is 17.8 Å². The van der Waals surface area contributed by atoms with Gasteiger partial charge in [0.25, 0.3) is 15.9 Å². The Morgan fingerprint density at radius 1 is 0.893 bits per heavy atom. The normalized spacial score (nSPS) is 10.7. The molecule has 0 aromatic heterocycles. The number of nitriles is 1. The number of nitrogens with zero attached hydrogens (tertiary/aromatic N) is 1. The van der Waals surface area contributed by atoms with Crippen molar-refractivity contribution in [3.63, 3.8) is 0 Å². The summed E-state index contributed by atoms with van der Waals surface area (Å²) in [5.74, 6) is -0.276. The van der Waals surface area contributed by atoms with E-state index >= 15 is 0 Å². The Bertz CT molecular complexity index is 1100. The van der Waals surface area contributed by atoms with Crippen molar-refractivity contribution in [1.29, 1.82) is 5.26 Å². The molecule has 0 bridgehead atoms. The average Bonchev–Trinajstić information content (AvgIpc) is 2.73. The van der Waals surface area contributed by atoms with Gasteiger partial charge in [-0.3, -0.25) is 9.52 Å². The maximum absolute atomic E-state index is 12.3. The van der Waals surface area contributed by atoms with Crippen molar-refractivity contribution >= 4 is 21.6 Å². The lowest BCUT2D eigenvalue weighted by atomic mass is 10.1. The monoisotopic (exact) mass is 391 g/mol. The average molecular weight is 391 g/mol. The quantitative estimate of drug-likeness (QED) is 0.673. The summed E-state index contributed by atoms with van der Waals surface area (Å²) in [6.07, 6.45) is 0. The first kappa shape index (κ1) is 19.1. The number of nitrogens with one attached hydrogen (secondary N) is 2. The topological polar surface area (TPSA) is 99.1 Å². The van der Waals surface area contributed by atoms with Gasteiger partial charge in [-0.2, -0.15) is 5.26 Å². The summed E-state index contributed by atoms with van der Waals surface area (Å²) in [5, 5.41) is 11.6. The van der Waals surface area contributed by atoms with Crippen LogP contribution in [-0.2, 0) is 16.6 Å². The van der Waals surface area contributed by atoms with Gasteiger partial charge in [-0.15, -0.1) is 0 Å². The molecule has 0 fully saturated rings. The number of anilines is 1. The zero-order valence-corrected chi connectivity index (χ0v) is 15.6. The maximum Gasteiger partial charge on any atom is 0.261 e. The van der Waals surface area contributed by atoms with Crippen LogP contribution >= 0.6 is 0 Å². The summed E-state index contributed by atoms with van der Waals surface area (Å²) in [6, 6.07) is 23.2. The Balaban J connectivity index is 1.62. The fourth-order valence-corrected chi connectivity index (χ4v) is 3.56. The number of hydrogen-bond acceptors (Lipinski definition) is 4. The number of amides is 1. The fourth-order valence-electron chi connectivity index (χ4n) is 2.48. The third kappa shape index (κ3) is 4.75. The minimum atomic E-state index is -3.67. The van der Waals surface area contributed by atoms with Gasteiger partial charge in [-0.1, -0.05) is 30.3 Å². The lowest BCUT2D eigenvalue weighted by Crippen LogP contribution is -2.22. The van der Waals surface area contributed by atoms with E-state index in [1.54, 1.807) is 54.6 Å². The summed E-state index contributed by atoms with van der Waals surface area (Å²) >= 11 is 0. The third-order valence-electron chi connectivity index (χ3n) is 3.99. The minimum Gasteiger partial charge on any atom is -0.348 e. The first-order valence-corrected chi connectivity index (χ1v) is 9.91. The summed E-state index contributed by atoms with van der Waals surface area (Å²) in [5.41, 5.74) is 2.21. The molecule has 2 N–H and O–H groups in total. The van der Waals surface area contributed by atoms with Crippen LogP contribution in [0.3, 0.4) is 0 Å². The SMILES string of the molecule is N#Cc1ccc(CNC(=O)c2ccc(NS(=O)(=O)c3ccccc3)cc2)cc1. The van der Waals surface area contributed by atoms with Gasteiger partial charge in [0.2, 0.25) is 0 Å². The Kier molecular flexibility index (Phi) is 5.72. The molecule has 0 saturated carbocycles. The van der Waals surface area contributed by atoms with Crippen LogP contribution < -0.4 is 10.0 Å². The Labute approximate surface area is 163 Å². The lowest BCUT2D eigenvalue weighted by Gasteiger charge is -2.09. The Hall–Kier alpha value is -3.63. The number of rotatable bonds is 6. The largest absolute Gasteiger partial charge is 0.348 e. The first-order chi connectivity index (χ1) is 13.5. The van der Waals surface area contributed by atoms with E-state index in [9.17, 15) is 13.2 Å². The number of carbonyl (C=O) groups excluding carboxylic acids is 1. The van der Waals surface area contributed by atoms with Crippen LogP contribution in [0, 0.1) is 11.3 Å². The predicted octanol–water partition coefficient (Wildman–Crippen LogP) is 3.29. The van der Waals surface area contributed by atoms with E-state index in [0.717, 1.165) is 5.56 Å². The summed E-state index contributed by atoms with van der Waals surface area (Å²) in [6.45, 7) is 0.326. The van der Waals surface area contributed by atoms with Crippen LogP contribution in [0.5, 0.6) is 0 Å². The predicted molar refractivity (Wildman–Crippen MR) is 106 cm³/mol. The molecular formula is C21H17N3O3S. The highest BCUT2D eigenvalue weighted by molar-refractivity contribution is 7.92. The van der Waals surface area contributed by atoms with Gasteiger partial charge in [0.05, 0.1) is 16.5 Å². The Morgan fingerprint density at radius 3 is 2.14 bits per heavy atom. The molecule has 3 aromatic rings. The van der Waals surface area contributed by atoms with E-state index in [2.05, 4.69) is 10.0 Å². The van der Waals surface area contributed by atoms with Crippen molar-refractivity contribution in [2.24, 2.45) is 0 Å². The van der Waals surface area contributed by atoms with E-state index in [1.165, 1.54) is 24.3 Å². The second-order valence-electron chi connectivity index (χ2n) is 5.99. The molecule has 0 aliphatic rings. The van der Waals surface area contributed by atoms with Crippen LogP contribution in [-0.4, -0.2) is 14.3 Å². The zero-order valence-electron chi connectivity index (χ0n) is 14.8. The molecule has 0 spiro atoms. The van der Waals surface area contributed by atoms with Crippen molar-refractivity contribution < 1.29 is 13.2 Å². The molecule has 3 rings (SSSR count). The summed E-state index contributed by atoms with van der Waals surface area (Å²) in [7, 11) is -3.67. The van der Waals surface area contributed by atoms with Gasteiger partial charge in [-0.05, 0) is 54.1 Å². The molecule has 6 nitrogen and oxygen atoms in total. The van der Waals surface area contributed by atoms with Crippen molar-refractivity contribution in [1.82, 2.24) is 5.32 Å². The minimum absolute atomic E-state index is 0.166. The van der Waals surface area contributed by atoms with Crippen LogP contribution in [0.15, 0.2) is 83.8 Å². The van der Waals surface area contributed by atoms with Gasteiger partial charge in [0.1, 0.15) is 0 Å². The smallest absolute Gasteiger partial charge is 0.261 e. The van der Waals surface area contributed by atoms with Gasteiger partial charge in [-0.25, -0.2) is 8.42 Å². The van der Waals surface area contributed by atoms with Crippen molar-refractivity contribution in [3.8, 4) is 6.07 Å². The maximum atomic E-state index is 12.3. The van der Waals surface area contributed by atoms with Crippen molar-refractivity contribution in [2.45, 2.75) is 11.4 Å². The zero-order chi connectivity index (χ0) is 20.0. The summed E-state index contributed by atoms with van der Waals surface area (Å²) in [4.78, 5) is 12.4. The molecule has 1 amide bonds. The number of sulfonamides is 1. The first-order valence-electron chi connectivity index (χ1n) is 8.43.